The van der Waals surface area contributed by atoms with Crippen molar-refractivity contribution in [3.8, 4) is 28.3 Å². The van der Waals surface area contributed by atoms with Crippen molar-refractivity contribution in [1.82, 2.24) is 35.2 Å². The summed E-state index contributed by atoms with van der Waals surface area (Å²) in [5, 5.41) is 25.0. The van der Waals surface area contributed by atoms with Gasteiger partial charge in [0.15, 0.2) is 17.1 Å². The number of halogens is 1. The Morgan fingerprint density at radius 2 is 1.90 bits per heavy atom. The first-order chi connectivity index (χ1) is 19.0. The molecule has 3 aromatic heterocycles. The number of benzene rings is 2. The standard InChI is InChI=1S/C28H24ClN7O3/c1-2-3-9-23-31-27(29)25(26(39)24-22(38)13-11-19(16-37)30-24)36(23)15-17-10-12-20(18-7-5-4-6-8-18)21(14-17)28-32-34-35-33-28/h4-8,10-14,16,38H,2-3,9,15H2,1H3,(H,32,33,34,35). The van der Waals surface area contributed by atoms with Crippen molar-refractivity contribution in [3.63, 3.8) is 0 Å². The van der Waals surface area contributed by atoms with Gasteiger partial charge in [0.1, 0.15) is 23.0 Å². The van der Waals surface area contributed by atoms with Crippen LogP contribution in [0.3, 0.4) is 0 Å². The molecule has 0 atom stereocenters. The maximum atomic E-state index is 13.6. The zero-order valence-electron chi connectivity index (χ0n) is 21.0. The van der Waals surface area contributed by atoms with E-state index in [4.69, 9.17) is 11.6 Å². The number of aromatic hydroxyl groups is 1. The Balaban J connectivity index is 1.61. The van der Waals surface area contributed by atoms with E-state index in [1.807, 2.05) is 48.5 Å². The zero-order valence-corrected chi connectivity index (χ0v) is 21.8. The number of nitrogens with one attached hydrogen (secondary N) is 1. The third-order valence-corrected chi connectivity index (χ3v) is 6.56. The molecule has 11 heteroatoms. The average Bonchev–Trinajstić information content (AvgIpc) is 3.60. The third-order valence-electron chi connectivity index (χ3n) is 6.30. The molecule has 5 aromatic rings. The summed E-state index contributed by atoms with van der Waals surface area (Å²) in [5.74, 6) is 0.0815. The molecule has 0 amide bonds. The highest BCUT2D eigenvalue weighted by Crippen LogP contribution is 2.32. The number of tetrazole rings is 1. The first kappa shape index (κ1) is 25.9. The molecule has 2 aromatic carbocycles. The average molecular weight is 542 g/mol. The lowest BCUT2D eigenvalue weighted by Gasteiger charge is -2.14. The number of carbonyl (C=O) groups excluding carboxylic acids is 2. The molecule has 196 valence electrons. The van der Waals surface area contributed by atoms with Crippen molar-refractivity contribution in [1.29, 1.82) is 0 Å². The van der Waals surface area contributed by atoms with E-state index >= 15 is 0 Å². The van der Waals surface area contributed by atoms with Gasteiger partial charge in [-0.3, -0.25) is 9.59 Å². The van der Waals surface area contributed by atoms with Gasteiger partial charge >= 0.3 is 0 Å². The fourth-order valence-corrected chi connectivity index (χ4v) is 4.68. The first-order valence-electron chi connectivity index (χ1n) is 12.4. The summed E-state index contributed by atoms with van der Waals surface area (Å²) in [6, 6.07) is 18.3. The summed E-state index contributed by atoms with van der Waals surface area (Å²) in [6.45, 7) is 2.32. The van der Waals surface area contributed by atoms with Crippen molar-refractivity contribution in [3.05, 3.63) is 94.3 Å². The molecule has 2 N–H and O–H groups in total. The van der Waals surface area contributed by atoms with E-state index in [1.54, 1.807) is 4.57 Å². The molecule has 0 saturated carbocycles. The minimum absolute atomic E-state index is 0.00288. The number of hydrogen-bond acceptors (Lipinski definition) is 8. The number of H-pyrrole nitrogens is 1. The molecule has 0 saturated heterocycles. The van der Waals surface area contributed by atoms with Crippen LogP contribution in [0, 0.1) is 0 Å². The topological polar surface area (TPSA) is 140 Å². The number of imidazole rings is 1. The number of aldehydes is 1. The van der Waals surface area contributed by atoms with E-state index in [0.29, 0.717) is 24.4 Å². The van der Waals surface area contributed by atoms with E-state index < -0.39 is 5.78 Å². The smallest absolute Gasteiger partial charge is 0.234 e. The molecule has 0 spiro atoms. The fourth-order valence-electron chi connectivity index (χ4n) is 4.39. The van der Waals surface area contributed by atoms with Crippen molar-refractivity contribution < 1.29 is 14.7 Å². The maximum Gasteiger partial charge on any atom is 0.234 e. The van der Waals surface area contributed by atoms with Crippen LogP contribution in [-0.2, 0) is 13.0 Å². The normalized spacial score (nSPS) is 11.0. The van der Waals surface area contributed by atoms with Gasteiger partial charge in [-0.05, 0) is 46.5 Å². The molecule has 0 unspecified atom stereocenters. The van der Waals surface area contributed by atoms with Gasteiger partial charge < -0.3 is 9.67 Å². The largest absolute Gasteiger partial charge is 0.506 e. The number of pyridine rings is 1. The van der Waals surface area contributed by atoms with Crippen molar-refractivity contribution in [2.45, 2.75) is 32.7 Å². The van der Waals surface area contributed by atoms with Gasteiger partial charge in [-0.1, -0.05) is 67.4 Å². The van der Waals surface area contributed by atoms with Gasteiger partial charge in [-0.15, -0.1) is 10.2 Å². The number of aromatic nitrogens is 7. The van der Waals surface area contributed by atoms with Gasteiger partial charge in [0.2, 0.25) is 11.6 Å². The molecule has 0 fully saturated rings. The molecule has 10 nitrogen and oxygen atoms in total. The number of unbranched alkanes of at least 4 members (excludes halogenated alkanes) is 1. The highest BCUT2D eigenvalue weighted by Gasteiger charge is 2.27. The number of carbonyl (C=O) groups is 2. The van der Waals surface area contributed by atoms with Gasteiger partial charge in [-0.25, -0.2) is 9.97 Å². The van der Waals surface area contributed by atoms with Gasteiger partial charge in [-0.2, -0.15) is 5.21 Å². The van der Waals surface area contributed by atoms with Crippen LogP contribution < -0.4 is 0 Å². The predicted octanol–water partition coefficient (Wildman–Crippen LogP) is 4.92. The van der Waals surface area contributed by atoms with Gasteiger partial charge in [0.25, 0.3) is 0 Å². The second kappa shape index (κ2) is 11.4. The predicted molar refractivity (Wildman–Crippen MR) is 145 cm³/mol. The molecule has 0 aliphatic rings. The number of aryl methyl sites for hydroxylation is 1. The molecule has 0 radical (unpaired) electrons. The monoisotopic (exact) mass is 541 g/mol. The summed E-state index contributed by atoms with van der Waals surface area (Å²) in [7, 11) is 0. The van der Waals surface area contributed by atoms with Crippen LogP contribution in [0.5, 0.6) is 5.75 Å². The summed E-state index contributed by atoms with van der Waals surface area (Å²) in [5.41, 5.74) is 3.36. The molecule has 39 heavy (non-hydrogen) atoms. The van der Waals surface area contributed by atoms with Gasteiger partial charge in [0, 0.05) is 18.5 Å². The van der Waals surface area contributed by atoms with Crippen LogP contribution in [0.15, 0.2) is 60.7 Å². The Morgan fingerprint density at radius 3 is 2.62 bits per heavy atom. The molecule has 0 aliphatic heterocycles. The van der Waals surface area contributed by atoms with E-state index in [2.05, 4.69) is 37.5 Å². The SMILES string of the molecule is CCCCc1nc(Cl)c(C(=O)c2nc(C=O)ccc2O)n1Cc1ccc(-c2ccccc2)c(-c2nn[nH]n2)c1. The number of rotatable bonds is 10. The highest BCUT2D eigenvalue weighted by atomic mass is 35.5. The van der Waals surface area contributed by atoms with Crippen LogP contribution in [0.2, 0.25) is 5.15 Å². The first-order valence-corrected chi connectivity index (χ1v) is 12.7. The Hall–Kier alpha value is -4.70. The van der Waals surface area contributed by atoms with Gasteiger partial charge in [0.05, 0.1) is 0 Å². The highest BCUT2D eigenvalue weighted by molar-refractivity contribution is 6.33. The van der Waals surface area contributed by atoms with Crippen LogP contribution in [0.1, 0.15) is 57.8 Å². The van der Waals surface area contributed by atoms with Crippen LogP contribution in [-0.4, -0.2) is 52.3 Å². The molecular formula is C28H24ClN7O3. The lowest BCUT2D eigenvalue weighted by molar-refractivity contribution is 0.102. The van der Waals surface area contributed by atoms with E-state index in [9.17, 15) is 14.7 Å². The second-order valence-electron chi connectivity index (χ2n) is 8.89. The maximum absolute atomic E-state index is 13.6. The Labute approximate surface area is 228 Å². The van der Waals surface area contributed by atoms with Crippen molar-refractivity contribution in [2.24, 2.45) is 0 Å². The van der Waals surface area contributed by atoms with E-state index in [0.717, 1.165) is 35.1 Å². The number of ketones is 1. The molecule has 0 aliphatic carbocycles. The van der Waals surface area contributed by atoms with E-state index in [1.165, 1.54) is 12.1 Å². The molecule has 5 rings (SSSR count). The summed E-state index contributed by atoms with van der Waals surface area (Å²) >= 11 is 6.52. The summed E-state index contributed by atoms with van der Waals surface area (Å²) in [4.78, 5) is 33.4. The Bertz CT molecular complexity index is 1630. The summed E-state index contributed by atoms with van der Waals surface area (Å²) < 4.78 is 1.74. The second-order valence-corrected chi connectivity index (χ2v) is 9.25. The molecule has 3 heterocycles. The van der Waals surface area contributed by atoms with Crippen LogP contribution in [0.4, 0.5) is 0 Å². The molecule has 0 bridgehead atoms. The van der Waals surface area contributed by atoms with E-state index in [-0.39, 0.29) is 34.5 Å². The minimum Gasteiger partial charge on any atom is -0.506 e. The van der Waals surface area contributed by atoms with Crippen LogP contribution in [0.25, 0.3) is 22.5 Å². The lowest BCUT2D eigenvalue weighted by Crippen LogP contribution is -2.16. The third kappa shape index (κ3) is 5.32. The van der Waals surface area contributed by atoms with Crippen molar-refractivity contribution >= 4 is 23.7 Å². The Morgan fingerprint density at radius 1 is 1.08 bits per heavy atom. The van der Waals surface area contributed by atoms with Crippen molar-refractivity contribution in [2.75, 3.05) is 0 Å². The number of aromatic amines is 1. The minimum atomic E-state index is -0.629. The fraction of sp³-hybridized carbons (Fsp3) is 0.179. The number of nitrogens with zero attached hydrogens (tertiary/aromatic N) is 6. The quantitative estimate of drug-likeness (QED) is 0.187. The number of hydrogen-bond donors (Lipinski definition) is 2. The Kier molecular flexibility index (Phi) is 7.55. The summed E-state index contributed by atoms with van der Waals surface area (Å²) in [6.07, 6.45) is 2.87. The lowest BCUT2D eigenvalue weighted by atomic mass is 9.97. The van der Waals surface area contributed by atoms with Crippen LogP contribution >= 0.6 is 11.6 Å². The molecular weight excluding hydrogens is 518 g/mol. The zero-order chi connectivity index (χ0) is 27.4.